The number of nitrogens with one attached hydrogen (secondary N) is 1. The number of para-hydroxylation sites is 1. The van der Waals surface area contributed by atoms with E-state index in [4.69, 9.17) is 0 Å². The van der Waals surface area contributed by atoms with Gasteiger partial charge in [0, 0.05) is 36.3 Å². The summed E-state index contributed by atoms with van der Waals surface area (Å²) in [4.78, 5) is 16.9. The number of unbranched alkanes of at least 4 members (excludes halogenated alkanes) is 1. The normalized spacial score (nSPS) is 12.0. The number of aromatic nitrogens is 1. The van der Waals surface area contributed by atoms with Crippen molar-refractivity contribution in [3.8, 4) is 0 Å². The van der Waals surface area contributed by atoms with Crippen LogP contribution in [0.5, 0.6) is 0 Å². The molecule has 4 nitrogen and oxygen atoms in total. The average molecular weight is 340 g/mol. The second-order valence-electron chi connectivity index (χ2n) is 6.09. The number of H-pyrrole nitrogens is 1. The number of hydrogen-bond acceptors (Lipinski definition) is 3. The molecule has 1 aromatic heterocycles. The maximum atomic E-state index is 11.0. The summed E-state index contributed by atoms with van der Waals surface area (Å²) in [7, 11) is 1.38. The van der Waals surface area contributed by atoms with Crippen LogP contribution in [0.2, 0.25) is 0 Å². The van der Waals surface area contributed by atoms with Crippen LogP contribution in [0.4, 0.5) is 0 Å². The molecule has 0 aliphatic rings. The quantitative estimate of drug-likeness (QED) is 0.395. The van der Waals surface area contributed by atoms with Crippen molar-refractivity contribution in [1.82, 2.24) is 9.88 Å². The van der Waals surface area contributed by atoms with Crippen LogP contribution in [0.1, 0.15) is 31.7 Å². The van der Waals surface area contributed by atoms with Crippen molar-refractivity contribution in [2.75, 3.05) is 20.2 Å². The first kappa shape index (κ1) is 19.0. The van der Waals surface area contributed by atoms with E-state index in [9.17, 15) is 4.79 Å². The lowest BCUT2D eigenvalue weighted by molar-refractivity contribution is -0.134. The van der Waals surface area contributed by atoms with Crippen LogP contribution in [-0.2, 0) is 16.1 Å². The lowest BCUT2D eigenvalue weighted by atomic mass is 10.1. The molecule has 1 heterocycles. The zero-order valence-corrected chi connectivity index (χ0v) is 15.2. The van der Waals surface area contributed by atoms with Crippen molar-refractivity contribution in [2.45, 2.75) is 32.7 Å². The molecule has 0 bridgehead atoms. The molecule has 25 heavy (non-hydrogen) atoms. The highest BCUT2D eigenvalue weighted by Gasteiger charge is 2.08. The van der Waals surface area contributed by atoms with Gasteiger partial charge in [0.05, 0.1) is 7.11 Å². The third-order valence-corrected chi connectivity index (χ3v) is 4.19. The van der Waals surface area contributed by atoms with Crippen LogP contribution in [0, 0.1) is 0 Å². The molecule has 0 fully saturated rings. The number of nitrogens with zero attached hydrogens (tertiary/aromatic N) is 1. The monoisotopic (exact) mass is 340 g/mol. The lowest BCUT2D eigenvalue weighted by Crippen LogP contribution is -2.25. The van der Waals surface area contributed by atoms with Gasteiger partial charge in [-0.25, -0.2) is 4.79 Å². The van der Waals surface area contributed by atoms with Crippen LogP contribution < -0.4 is 0 Å². The predicted octanol–water partition coefficient (Wildman–Crippen LogP) is 4.45. The largest absolute Gasteiger partial charge is 0.466 e. The Labute approximate surface area is 150 Å². The second kappa shape index (κ2) is 10.5. The van der Waals surface area contributed by atoms with Gasteiger partial charge >= 0.3 is 5.97 Å². The number of aromatic amines is 1. The molecule has 0 radical (unpaired) electrons. The summed E-state index contributed by atoms with van der Waals surface area (Å²) in [5.74, 6) is -0.325. The highest BCUT2D eigenvalue weighted by molar-refractivity contribution is 5.83. The summed E-state index contributed by atoms with van der Waals surface area (Å²) in [6.07, 6.45) is 12.6. The number of benzene rings is 1. The molecule has 4 heteroatoms. The van der Waals surface area contributed by atoms with Gasteiger partial charge in [-0.15, -0.1) is 0 Å². The van der Waals surface area contributed by atoms with Gasteiger partial charge in [0.15, 0.2) is 0 Å². The highest BCUT2D eigenvalue weighted by Crippen LogP contribution is 2.19. The first-order valence-electron chi connectivity index (χ1n) is 8.93. The molecule has 0 aliphatic heterocycles. The summed E-state index contributed by atoms with van der Waals surface area (Å²) in [5.41, 5.74) is 2.54. The third-order valence-electron chi connectivity index (χ3n) is 4.19. The summed E-state index contributed by atoms with van der Waals surface area (Å²) in [6.45, 7) is 5.28. The van der Waals surface area contributed by atoms with E-state index in [1.165, 1.54) is 42.5 Å². The van der Waals surface area contributed by atoms with E-state index in [-0.39, 0.29) is 5.97 Å². The molecule has 134 valence electrons. The summed E-state index contributed by atoms with van der Waals surface area (Å²) in [6, 6.07) is 8.44. The third kappa shape index (κ3) is 6.24. The van der Waals surface area contributed by atoms with E-state index >= 15 is 0 Å². The maximum absolute atomic E-state index is 11.0. The Morgan fingerprint density at radius 1 is 1.24 bits per heavy atom. The van der Waals surface area contributed by atoms with Crippen molar-refractivity contribution < 1.29 is 9.53 Å². The molecule has 0 spiro atoms. The minimum absolute atomic E-state index is 0.325. The fourth-order valence-electron chi connectivity index (χ4n) is 2.79. The SMILES string of the molecule is CCCCN(CC/C=C/C=C/C(=O)OC)Cc1c[nH]c2ccccc12. The van der Waals surface area contributed by atoms with Gasteiger partial charge in [-0.3, -0.25) is 4.90 Å². The molecule has 0 unspecified atom stereocenters. The summed E-state index contributed by atoms with van der Waals surface area (Å²) in [5, 5.41) is 1.31. The smallest absolute Gasteiger partial charge is 0.330 e. The average Bonchev–Trinajstić information content (AvgIpc) is 3.05. The number of carbonyl (C=O) groups is 1. The molecular formula is C21H28N2O2. The van der Waals surface area contributed by atoms with Gasteiger partial charge in [0.1, 0.15) is 0 Å². The lowest BCUT2D eigenvalue weighted by Gasteiger charge is -2.21. The van der Waals surface area contributed by atoms with Gasteiger partial charge < -0.3 is 9.72 Å². The van der Waals surface area contributed by atoms with Crippen molar-refractivity contribution in [3.05, 3.63) is 60.3 Å². The van der Waals surface area contributed by atoms with Gasteiger partial charge in [0.2, 0.25) is 0 Å². The van der Waals surface area contributed by atoms with E-state index in [2.05, 4.69) is 58.1 Å². The molecule has 1 aromatic carbocycles. The van der Waals surface area contributed by atoms with Crippen LogP contribution in [0.3, 0.4) is 0 Å². The van der Waals surface area contributed by atoms with E-state index in [1.807, 2.05) is 6.08 Å². The summed E-state index contributed by atoms with van der Waals surface area (Å²) >= 11 is 0. The number of carbonyl (C=O) groups excluding carboxylic acids is 1. The highest BCUT2D eigenvalue weighted by atomic mass is 16.5. The molecule has 0 aliphatic carbocycles. The van der Waals surface area contributed by atoms with Crippen molar-refractivity contribution >= 4 is 16.9 Å². The minimum Gasteiger partial charge on any atom is -0.466 e. The Morgan fingerprint density at radius 2 is 2.08 bits per heavy atom. The van der Waals surface area contributed by atoms with Crippen LogP contribution in [0.25, 0.3) is 10.9 Å². The standard InChI is InChI=1S/C21H28N2O2/c1-3-4-14-23(15-10-6-5-7-13-21(24)25-2)17-18-16-22-20-12-9-8-11-19(18)20/h5-9,11-13,16,22H,3-4,10,14-15,17H2,1-2H3/b6-5+,13-7+. The number of fused-ring (bicyclic) bond motifs is 1. The number of methoxy groups -OCH3 is 1. The Balaban J connectivity index is 1.91. The summed E-state index contributed by atoms with van der Waals surface area (Å²) < 4.78 is 4.56. The number of hydrogen-bond donors (Lipinski definition) is 1. The number of rotatable bonds is 10. The van der Waals surface area contributed by atoms with Crippen LogP contribution in [-0.4, -0.2) is 36.1 Å². The Morgan fingerprint density at radius 3 is 2.88 bits per heavy atom. The Hall–Kier alpha value is -2.33. The molecule has 1 N–H and O–H groups in total. The predicted molar refractivity (Wildman–Crippen MR) is 103 cm³/mol. The van der Waals surface area contributed by atoms with Crippen LogP contribution >= 0.6 is 0 Å². The molecule has 0 saturated heterocycles. The fraction of sp³-hybridized carbons (Fsp3) is 0.381. The number of ether oxygens (including phenoxy) is 1. The first-order valence-corrected chi connectivity index (χ1v) is 8.93. The van der Waals surface area contributed by atoms with Gasteiger partial charge in [-0.05, 0) is 31.0 Å². The molecular weight excluding hydrogens is 312 g/mol. The molecule has 2 rings (SSSR count). The van der Waals surface area contributed by atoms with E-state index < -0.39 is 0 Å². The van der Waals surface area contributed by atoms with Gasteiger partial charge in [-0.1, -0.05) is 49.8 Å². The van der Waals surface area contributed by atoms with Crippen molar-refractivity contribution in [3.63, 3.8) is 0 Å². The molecule has 0 saturated carbocycles. The molecule has 2 aromatic rings. The van der Waals surface area contributed by atoms with Crippen LogP contribution in [0.15, 0.2) is 54.8 Å². The van der Waals surface area contributed by atoms with E-state index in [0.29, 0.717) is 0 Å². The van der Waals surface area contributed by atoms with E-state index in [0.717, 1.165) is 26.1 Å². The topological polar surface area (TPSA) is 45.3 Å². The Kier molecular flexibility index (Phi) is 7.99. The van der Waals surface area contributed by atoms with Crippen molar-refractivity contribution in [2.24, 2.45) is 0 Å². The van der Waals surface area contributed by atoms with Gasteiger partial charge in [-0.2, -0.15) is 0 Å². The van der Waals surface area contributed by atoms with Crippen molar-refractivity contribution in [1.29, 1.82) is 0 Å². The number of allylic oxidation sites excluding steroid dienone is 2. The number of esters is 1. The van der Waals surface area contributed by atoms with Gasteiger partial charge in [0.25, 0.3) is 0 Å². The first-order chi connectivity index (χ1) is 12.2. The molecule has 0 amide bonds. The molecule has 0 atom stereocenters. The fourth-order valence-corrected chi connectivity index (χ4v) is 2.79. The Bertz CT molecular complexity index is 716. The maximum Gasteiger partial charge on any atom is 0.330 e. The van der Waals surface area contributed by atoms with E-state index in [1.54, 1.807) is 6.08 Å². The zero-order chi connectivity index (χ0) is 17.9. The minimum atomic E-state index is -0.325. The second-order valence-corrected chi connectivity index (χ2v) is 6.09. The zero-order valence-electron chi connectivity index (χ0n) is 15.2.